The molecule has 1 aromatic heterocycles. The van der Waals surface area contributed by atoms with Gasteiger partial charge in [0.15, 0.2) is 5.96 Å². The number of likely N-dealkylation sites (tertiary alicyclic amines) is 1. The van der Waals surface area contributed by atoms with Gasteiger partial charge in [-0.25, -0.2) is 4.98 Å². The van der Waals surface area contributed by atoms with Gasteiger partial charge in [0.25, 0.3) is 0 Å². The summed E-state index contributed by atoms with van der Waals surface area (Å²) in [6.45, 7) is 9.14. The van der Waals surface area contributed by atoms with Crippen molar-refractivity contribution >= 4 is 5.96 Å². The number of morpholine rings is 1. The monoisotopic (exact) mass is 423 g/mol. The molecule has 0 aliphatic carbocycles. The average molecular weight is 424 g/mol. The van der Waals surface area contributed by atoms with Crippen molar-refractivity contribution in [1.82, 2.24) is 20.1 Å². The molecule has 3 heterocycles. The summed E-state index contributed by atoms with van der Waals surface area (Å²) < 4.78 is 11.7. The smallest absolute Gasteiger partial charge is 0.213 e. The van der Waals surface area contributed by atoms with Crippen LogP contribution in [-0.4, -0.2) is 72.3 Å². The summed E-state index contributed by atoms with van der Waals surface area (Å²) in [7, 11) is 1.84. The number of rotatable bonds is 6. The molecule has 7 nitrogen and oxygen atoms in total. The first kappa shape index (κ1) is 21.6. The summed E-state index contributed by atoms with van der Waals surface area (Å²) in [6, 6.07) is 15.0. The van der Waals surface area contributed by atoms with Gasteiger partial charge in [-0.05, 0) is 25.0 Å². The van der Waals surface area contributed by atoms with Gasteiger partial charge < -0.3 is 19.7 Å². The Kier molecular flexibility index (Phi) is 7.04. The molecule has 7 heteroatoms. The minimum absolute atomic E-state index is 0.123. The number of benzene rings is 1. The maximum absolute atomic E-state index is 6.11. The SMILES string of the molecule is CN=C(NCc1ccc(OC(C)C)nc1)N1CC2OCCN(Cc3ccccc3)C2C1. The van der Waals surface area contributed by atoms with Gasteiger partial charge in [-0.15, -0.1) is 0 Å². The highest BCUT2D eigenvalue weighted by atomic mass is 16.5. The maximum Gasteiger partial charge on any atom is 0.213 e. The highest BCUT2D eigenvalue weighted by Gasteiger charge is 2.41. The number of hydrogen-bond acceptors (Lipinski definition) is 5. The molecular formula is C24H33N5O2. The second-order valence-corrected chi connectivity index (χ2v) is 8.41. The Morgan fingerprint density at radius 3 is 2.74 bits per heavy atom. The number of hydrogen-bond donors (Lipinski definition) is 1. The molecule has 0 amide bonds. The predicted molar refractivity (Wildman–Crippen MR) is 122 cm³/mol. The van der Waals surface area contributed by atoms with E-state index < -0.39 is 0 Å². The zero-order valence-corrected chi connectivity index (χ0v) is 18.7. The topological polar surface area (TPSA) is 62.2 Å². The van der Waals surface area contributed by atoms with Crippen LogP contribution >= 0.6 is 0 Å². The molecule has 0 saturated carbocycles. The Labute approximate surface area is 185 Å². The Bertz CT molecular complexity index is 856. The molecule has 2 unspecified atom stereocenters. The van der Waals surface area contributed by atoms with Crippen LogP contribution in [0.3, 0.4) is 0 Å². The minimum atomic E-state index is 0.123. The van der Waals surface area contributed by atoms with Crippen LogP contribution in [0, 0.1) is 0 Å². The van der Waals surface area contributed by atoms with Crippen molar-refractivity contribution in [1.29, 1.82) is 0 Å². The van der Waals surface area contributed by atoms with Crippen LogP contribution < -0.4 is 10.1 Å². The van der Waals surface area contributed by atoms with E-state index in [2.05, 4.69) is 55.4 Å². The van der Waals surface area contributed by atoms with E-state index in [0.717, 1.165) is 44.3 Å². The number of aliphatic imine (C=N–C) groups is 1. The number of guanidine groups is 1. The van der Waals surface area contributed by atoms with E-state index in [1.165, 1.54) is 5.56 Å². The molecule has 2 aliphatic heterocycles. The third-order valence-electron chi connectivity index (χ3n) is 5.76. The van der Waals surface area contributed by atoms with Crippen LogP contribution in [0.25, 0.3) is 0 Å². The fraction of sp³-hybridized carbons (Fsp3) is 0.500. The molecule has 0 bridgehead atoms. The summed E-state index contributed by atoms with van der Waals surface area (Å²) in [6.07, 6.45) is 2.19. The molecule has 0 spiro atoms. The van der Waals surface area contributed by atoms with Crippen molar-refractivity contribution in [2.45, 2.75) is 45.2 Å². The lowest BCUT2D eigenvalue weighted by Crippen LogP contribution is -2.50. The first-order valence-electron chi connectivity index (χ1n) is 11.1. The van der Waals surface area contributed by atoms with Gasteiger partial charge in [0.1, 0.15) is 0 Å². The van der Waals surface area contributed by atoms with Crippen LogP contribution in [0.4, 0.5) is 0 Å². The maximum atomic E-state index is 6.11. The van der Waals surface area contributed by atoms with E-state index in [1.54, 1.807) is 0 Å². The first-order valence-corrected chi connectivity index (χ1v) is 11.1. The number of aromatic nitrogens is 1. The molecule has 166 valence electrons. The van der Waals surface area contributed by atoms with E-state index >= 15 is 0 Å². The summed E-state index contributed by atoms with van der Waals surface area (Å²) >= 11 is 0. The average Bonchev–Trinajstić information content (AvgIpc) is 3.21. The standard InChI is InChI=1S/C24H33N5O2/c1-18(2)31-23-10-9-20(13-26-23)14-27-24(25-3)29-16-21-22(17-29)30-12-11-28(21)15-19-7-5-4-6-8-19/h4-10,13,18,21-22H,11-12,14-17H2,1-3H3,(H,25,27). The summed E-state index contributed by atoms with van der Waals surface area (Å²) in [4.78, 5) is 13.8. The third kappa shape index (κ3) is 5.54. The lowest BCUT2D eigenvalue weighted by atomic mass is 10.1. The molecule has 2 fully saturated rings. The molecule has 31 heavy (non-hydrogen) atoms. The van der Waals surface area contributed by atoms with Crippen LogP contribution in [0.5, 0.6) is 5.88 Å². The number of nitrogens with zero attached hydrogens (tertiary/aromatic N) is 4. The fourth-order valence-corrected chi connectivity index (χ4v) is 4.29. The van der Waals surface area contributed by atoms with Gasteiger partial charge in [0.2, 0.25) is 5.88 Å². The second-order valence-electron chi connectivity index (χ2n) is 8.41. The van der Waals surface area contributed by atoms with Gasteiger partial charge in [0.05, 0.1) is 24.9 Å². The molecule has 1 aromatic carbocycles. The molecule has 2 atom stereocenters. The van der Waals surface area contributed by atoms with E-state index in [9.17, 15) is 0 Å². The zero-order chi connectivity index (χ0) is 21.6. The molecule has 1 N–H and O–H groups in total. The normalized spacial score (nSPS) is 21.9. The van der Waals surface area contributed by atoms with Gasteiger partial charge in [-0.3, -0.25) is 9.89 Å². The van der Waals surface area contributed by atoms with E-state index in [1.807, 2.05) is 39.2 Å². The molecular weight excluding hydrogens is 390 g/mol. The van der Waals surface area contributed by atoms with E-state index in [0.29, 0.717) is 18.5 Å². The number of pyridine rings is 1. The summed E-state index contributed by atoms with van der Waals surface area (Å²) in [5, 5.41) is 3.48. The van der Waals surface area contributed by atoms with Crippen molar-refractivity contribution in [3.05, 3.63) is 59.8 Å². The van der Waals surface area contributed by atoms with Crippen LogP contribution in [-0.2, 0) is 17.8 Å². The second kappa shape index (κ2) is 10.1. The Morgan fingerprint density at radius 2 is 2.03 bits per heavy atom. The first-order chi connectivity index (χ1) is 15.1. The van der Waals surface area contributed by atoms with E-state index in [-0.39, 0.29) is 12.2 Å². The number of nitrogens with one attached hydrogen (secondary N) is 1. The van der Waals surface area contributed by atoms with Crippen LogP contribution in [0.15, 0.2) is 53.7 Å². The van der Waals surface area contributed by atoms with Crippen LogP contribution in [0.2, 0.25) is 0 Å². The number of ether oxygens (including phenoxy) is 2. The van der Waals surface area contributed by atoms with Crippen molar-refractivity contribution < 1.29 is 9.47 Å². The van der Waals surface area contributed by atoms with Gasteiger partial charge in [-0.1, -0.05) is 36.4 Å². The highest BCUT2D eigenvalue weighted by Crippen LogP contribution is 2.24. The Morgan fingerprint density at radius 1 is 1.19 bits per heavy atom. The summed E-state index contributed by atoms with van der Waals surface area (Å²) in [5.41, 5.74) is 2.44. The molecule has 2 aromatic rings. The fourth-order valence-electron chi connectivity index (χ4n) is 4.29. The minimum Gasteiger partial charge on any atom is -0.475 e. The molecule has 0 radical (unpaired) electrons. The Balaban J connectivity index is 1.34. The van der Waals surface area contributed by atoms with E-state index in [4.69, 9.17) is 9.47 Å². The largest absolute Gasteiger partial charge is 0.475 e. The van der Waals surface area contributed by atoms with Crippen molar-refractivity contribution in [2.24, 2.45) is 4.99 Å². The van der Waals surface area contributed by atoms with Crippen molar-refractivity contribution in [3.8, 4) is 5.88 Å². The molecule has 2 saturated heterocycles. The Hall–Kier alpha value is -2.64. The van der Waals surface area contributed by atoms with Gasteiger partial charge >= 0.3 is 0 Å². The zero-order valence-electron chi connectivity index (χ0n) is 18.7. The quantitative estimate of drug-likeness (QED) is 0.569. The third-order valence-corrected chi connectivity index (χ3v) is 5.76. The van der Waals surface area contributed by atoms with Gasteiger partial charge in [0, 0.05) is 52.0 Å². The highest BCUT2D eigenvalue weighted by molar-refractivity contribution is 5.80. The van der Waals surface area contributed by atoms with Gasteiger partial charge in [-0.2, -0.15) is 0 Å². The summed E-state index contributed by atoms with van der Waals surface area (Å²) in [5.74, 6) is 1.56. The lowest BCUT2D eigenvalue weighted by molar-refractivity contribution is -0.0502. The van der Waals surface area contributed by atoms with Crippen LogP contribution in [0.1, 0.15) is 25.0 Å². The molecule has 4 rings (SSSR count). The van der Waals surface area contributed by atoms with Crippen molar-refractivity contribution in [2.75, 3.05) is 33.3 Å². The predicted octanol–water partition coefficient (Wildman–Crippen LogP) is 2.53. The van der Waals surface area contributed by atoms with Crippen molar-refractivity contribution in [3.63, 3.8) is 0 Å². The number of fused-ring (bicyclic) bond motifs is 1. The lowest BCUT2D eigenvalue weighted by Gasteiger charge is -2.36. The molecule has 2 aliphatic rings.